The van der Waals surface area contributed by atoms with Crippen LogP contribution in [-0.2, 0) is 43.7 Å². The summed E-state index contributed by atoms with van der Waals surface area (Å²) < 4.78 is 31.7. The average Bonchev–Trinajstić information content (AvgIpc) is 2.95. The molecule has 3 N–H and O–H groups in total. The number of hydrogen-bond donors (Lipinski definition) is 3. The van der Waals surface area contributed by atoms with Crippen molar-refractivity contribution in [3.8, 4) is 0 Å². The number of carboxylic acids is 1. The van der Waals surface area contributed by atoms with E-state index in [9.17, 15) is 47.1 Å². The minimum Gasteiger partial charge on any atom is -0.548 e. The average molecular weight is 504 g/mol. The van der Waals surface area contributed by atoms with Gasteiger partial charge in [0.1, 0.15) is 6.54 Å². The zero-order chi connectivity index (χ0) is 23.9. The Morgan fingerprint density at radius 2 is 1.72 bits per heavy atom. The molecule has 1 heterocycles. The van der Waals surface area contributed by atoms with Crippen molar-refractivity contribution >= 4 is 62.5 Å². The van der Waals surface area contributed by atoms with Crippen LogP contribution in [0.3, 0.4) is 0 Å². The molecule has 18 heteroatoms. The maximum absolute atomic E-state index is 12.4. The summed E-state index contributed by atoms with van der Waals surface area (Å²) in [7, 11) is -4.98. The Labute approximate surface area is 207 Å². The van der Waals surface area contributed by atoms with Crippen molar-refractivity contribution in [2.24, 2.45) is 0 Å². The van der Waals surface area contributed by atoms with Gasteiger partial charge in [-0.3, -0.25) is 33.3 Å². The molecule has 172 valence electrons. The van der Waals surface area contributed by atoms with E-state index < -0.39 is 87.8 Å². The number of hydrazine groups is 1. The van der Waals surface area contributed by atoms with Gasteiger partial charge in [0.2, 0.25) is 17.7 Å². The van der Waals surface area contributed by atoms with Gasteiger partial charge in [-0.2, -0.15) is 13.4 Å². The first-order valence-electron chi connectivity index (χ1n) is 8.24. The summed E-state index contributed by atoms with van der Waals surface area (Å²) in [4.78, 5) is 81.6. The van der Waals surface area contributed by atoms with Gasteiger partial charge < -0.3 is 20.5 Å². The van der Waals surface area contributed by atoms with E-state index in [0.717, 1.165) is 6.92 Å². The largest absolute Gasteiger partial charge is 1.00 e. The number of imide groups is 1. The number of nitrogens with zero attached hydrogens (tertiary/aromatic N) is 2. The van der Waals surface area contributed by atoms with Gasteiger partial charge in [-0.25, -0.2) is 5.01 Å². The molecule has 0 aromatic carbocycles. The van der Waals surface area contributed by atoms with Crippen LogP contribution in [0.4, 0.5) is 0 Å². The number of aliphatic carboxylic acids is 1. The van der Waals surface area contributed by atoms with Gasteiger partial charge in [0.25, 0.3) is 21.9 Å². The zero-order valence-electron chi connectivity index (χ0n) is 16.9. The van der Waals surface area contributed by atoms with E-state index >= 15 is 0 Å². The molecule has 0 aromatic rings. The van der Waals surface area contributed by atoms with Crippen molar-refractivity contribution in [1.82, 2.24) is 20.7 Å². The summed E-state index contributed by atoms with van der Waals surface area (Å²) in [6.07, 6.45) is -0.978. The van der Waals surface area contributed by atoms with Crippen molar-refractivity contribution in [3.63, 3.8) is 0 Å². The Hall–Kier alpha value is -2.05. The topological polar surface area (TPSA) is 227 Å². The van der Waals surface area contributed by atoms with Crippen LogP contribution < -0.4 is 45.3 Å². The summed E-state index contributed by atoms with van der Waals surface area (Å²) in [5.41, 5.74) is 0. The number of carbonyl (C=O) groups excluding carboxylic acids is 7. The van der Waals surface area contributed by atoms with Crippen LogP contribution in [0.2, 0.25) is 0 Å². The molecule has 15 nitrogen and oxygen atoms in total. The first-order chi connectivity index (χ1) is 14.2. The van der Waals surface area contributed by atoms with Gasteiger partial charge in [0.15, 0.2) is 10.4 Å². The fraction of sp³-hybridized carbons (Fsp3) is 0.500. The number of rotatable bonds is 10. The van der Waals surface area contributed by atoms with Crippen molar-refractivity contribution in [2.45, 2.75) is 18.6 Å². The predicted octanol–water partition coefficient (Wildman–Crippen LogP) is -7.99. The van der Waals surface area contributed by atoms with E-state index in [4.69, 9.17) is 4.55 Å². The molecule has 0 saturated carbocycles. The van der Waals surface area contributed by atoms with Crippen LogP contribution >= 0.6 is 11.8 Å². The smallest absolute Gasteiger partial charge is 0.548 e. The third-order valence-electron chi connectivity index (χ3n) is 3.54. The number of hydrogen-bond acceptors (Lipinski definition) is 11. The molecule has 0 radical (unpaired) electrons. The standard InChI is InChI=1S/C14H18N4O11S2.Na/c1-7(19)30-6-12(23)17(5-10(21)15-3-9(20)16-4-13(24)25)18-11(22)2-8(14(18)26)31(27,28)29;/h8H,2-6H2,1H3,(H,15,21)(H,16,20)(H,24,25)(H,27,28,29);/q;+1/p-1. The van der Waals surface area contributed by atoms with Gasteiger partial charge in [0, 0.05) is 6.92 Å². The van der Waals surface area contributed by atoms with E-state index in [-0.39, 0.29) is 34.6 Å². The zero-order valence-corrected chi connectivity index (χ0v) is 20.5. The Kier molecular flexibility index (Phi) is 12.0. The second-order valence-corrected chi connectivity index (χ2v) is 8.66. The number of carbonyl (C=O) groups is 7. The van der Waals surface area contributed by atoms with Crippen molar-refractivity contribution < 1.29 is 81.2 Å². The number of carboxylic acid groups (broad SMARTS) is 1. The number of thioether (sulfide) groups is 1. The first kappa shape index (κ1) is 29.9. The maximum Gasteiger partial charge on any atom is 1.00 e. The summed E-state index contributed by atoms with van der Waals surface area (Å²) in [6, 6.07) is 0. The maximum atomic E-state index is 12.4. The SMILES string of the molecule is CC(=O)SCC(=O)N(CC(=O)NCC(=O)NCC(=O)[O-])N1C(=O)CC(S(=O)(=O)O)C1=O.[Na+]. The Morgan fingerprint density at radius 3 is 2.19 bits per heavy atom. The molecule has 32 heavy (non-hydrogen) atoms. The summed E-state index contributed by atoms with van der Waals surface area (Å²) >= 11 is 0.486. The minimum atomic E-state index is -4.98. The Morgan fingerprint density at radius 1 is 1.16 bits per heavy atom. The van der Waals surface area contributed by atoms with Crippen LogP contribution in [0.25, 0.3) is 0 Å². The van der Waals surface area contributed by atoms with E-state index in [1.807, 2.05) is 10.6 Å². The van der Waals surface area contributed by atoms with E-state index in [1.54, 1.807) is 0 Å². The second-order valence-electron chi connectivity index (χ2n) is 5.91. The molecular weight excluding hydrogens is 487 g/mol. The molecule has 1 unspecified atom stereocenters. The minimum absolute atomic E-state index is 0. The number of nitrogens with one attached hydrogen (secondary N) is 2. The van der Waals surface area contributed by atoms with E-state index in [2.05, 4.69) is 0 Å². The van der Waals surface area contributed by atoms with Crippen LogP contribution in [0, 0.1) is 0 Å². The van der Waals surface area contributed by atoms with Crippen LogP contribution in [0.5, 0.6) is 0 Å². The third-order valence-corrected chi connectivity index (χ3v) is 5.42. The van der Waals surface area contributed by atoms with Crippen molar-refractivity contribution in [3.05, 3.63) is 0 Å². The molecule has 5 amide bonds. The molecule has 1 atom stereocenters. The second kappa shape index (κ2) is 12.9. The number of amides is 5. The van der Waals surface area contributed by atoms with E-state index in [1.165, 1.54) is 0 Å². The summed E-state index contributed by atoms with van der Waals surface area (Å²) in [6.45, 7) is -1.46. The predicted molar refractivity (Wildman–Crippen MR) is 97.7 cm³/mol. The van der Waals surface area contributed by atoms with Gasteiger partial charge in [-0.1, -0.05) is 11.8 Å². The molecule has 1 saturated heterocycles. The normalized spacial score (nSPS) is 15.6. The quantitative estimate of drug-likeness (QED) is 0.143. The third kappa shape index (κ3) is 9.21. The fourth-order valence-electron chi connectivity index (χ4n) is 2.19. The van der Waals surface area contributed by atoms with Gasteiger partial charge in [0.05, 0.1) is 31.2 Å². The summed E-state index contributed by atoms with van der Waals surface area (Å²) in [5.74, 6) is -7.97. The molecule has 0 aliphatic carbocycles. The van der Waals surface area contributed by atoms with Crippen molar-refractivity contribution in [1.29, 1.82) is 0 Å². The van der Waals surface area contributed by atoms with Crippen LogP contribution in [-0.4, -0.2) is 94.2 Å². The molecule has 1 rings (SSSR count). The van der Waals surface area contributed by atoms with Gasteiger partial charge in [-0.15, -0.1) is 0 Å². The summed E-state index contributed by atoms with van der Waals surface area (Å²) in [5, 5.41) is 11.9. The Bertz CT molecular complexity index is 924. The first-order valence-corrected chi connectivity index (χ1v) is 10.7. The fourth-order valence-corrected chi connectivity index (χ4v) is 3.37. The molecule has 1 aliphatic heterocycles. The molecule has 0 aromatic heterocycles. The van der Waals surface area contributed by atoms with Gasteiger partial charge >= 0.3 is 29.6 Å². The van der Waals surface area contributed by atoms with E-state index in [0.29, 0.717) is 16.8 Å². The molecular formula is C14H17N4NaO11S2. The molecule has 0 bridgehead atoms. The molecule has 1 aliphatic rings. The van der Waals surface area contributed by atoms with Crippen LogP contribution in [0.15, 0.2) is 0 Å². The van der Waals surface area contributed by atoms with Crippen molar-refractivity contribution in [2.75, 3.05) is 25.4 Å². The monoisotopic (exact) mass is 504 g/mol. The molecule has 1 fully saturated rings. The van der Waals surface area contributed by atoms with Gasteiger partial charge in [-0.05, 0) is 0 Å². The molecule has 0 spiro atoms. The Balaban J connectivity index is 0.00000961. The van der Waals surface area contributed by atoms with Crippen LogP contribution in [0.1, 0.15) is 13.3 Å².